The number of ether oxygens (including phenoxy) is 2. The number of nitrogens with one attached hydrogen (secondary N) is 1. The van der Waals surface area contributed by atoms with Gasteiger partial charge in [0.15, 0.2) is 11.6 Å². The van der Waals surface area contributed by atoms with Gasteiger partial charge in [0.05, 0.1) is 31.0 Å². The third kappa shape index (κ3) is 9.36. The molecule has 1 aromatic heterocycles. The van der Waals surface area contributed by atoms with E-state index in [0.717, 1.165) is 17.7 Å². The molecule has 0 unspecified atom stereocenters. The van der Waals surface area contributed by atoms with E-state index in [-0.39, 0.29) is 18.4 Å². The molecule has 0 fully saturated rings. The van der Waals surface area contributed by atoms with Crippen LogP contribution in [-0.4, -0.2) is 34.7 Å². The summed E-state index contributed by atoms with van der Waals surface area (Å²) in [6.45, 7) is 5.43. The summed E-state index contributed by atoms with van der Waals surface area (Å²) in [5, 5.41) is 2.85. The lowest BCUT2D eigenvalue weighted by molar-refractivity contribution is -0.139. The monoisotopic (exact) mass is 473 g/mol. The first-order valence-corrected chi connectivity index (χ1v) is 10.4. The quantitative estimate of drug-likeness (QED) is 0.499. The Balaban J connectivity index is 0.000000483. The number of allylic oxidation sites excluding steroid dienone is 1. The molecule has 7 nitrogen and oxygen atoms in total. The number of methoxy groups -OCH3 is 1. The molecule has 1 amide bonds. The van der Waals surface area contributed by atoms with Gasteiger partial charge in [0, 0.05) is 12.4 Å². The van der Waals surface area contributed by atoms with Gasteiger partial charge in [-0.15, -0.1) is 12.8 Å². The molecule has 1 heterocycles. The summed E-state index contributed by atoms with van der Waals surface area (Å²) in [4.78, 5) is 32.4. The number of hydrogen-bond acceptors (Lipinski definition) is 6. The molecule has 0 saturated heterocycles. The zero-order valence-electron chi connectivity index (χ0n) is 19.7. The molecule has 1 atom stereocenters. The minimum absolute atomic E-state index is 0.126. The number of hydrogen-bond donors (Lipinski definition) is 1. The van der Waals surface area contributed by atoms with Crippen LogP contribution >= 0.6 is 0 Å². The Hall–Kier alpha value is -3.80. The number of amides is 1. The van der Waals surface area contributed by atoms with E-state index >= 15 is 0 Å². The Morgan fingerprint density at radius 1 is 1.12 bits per heavy atom. The van der Waals surface area contributed by atoms with Crippen LogP contribution in [0.2, 0.25) is 0 Å². The minimum atomic E-state index is -0.799. The predicted molar refractivity (Wildman–Crippen MR) is 124 cm³/mol. The normalized spacial score (nSPS) is 14.4. The number of alkyl carbamates (subject to hydrolysis) is 1. The van der Waals surface area contributed by atoms with Crippen molar-refractivity contribution < 1.29 is 27.8 Å². The molecule has 0 spiro atoms. The summed E-state index contributed by atoms with van der Waals surface area (Å²) in [7, 11) is 1.35. The average Bonchev–Trinajstić information content (AvgIpc) is 2.96. The number of benzene rings is 1. The predicted octanol–water partition coefficient (Wildman–Crippen LogP) is 5.00. The molecular formula is C25H29F2N3O4. The molecule has 182 valence electrons. The summed E-state index contributed by atoms with van der Waals surface area (Å²) in [6, 6.07) is 4.72. The van der Waals surface area contributed by atoms with Crippen molar-refractivity contribution in [3.63, 3.8) is 0 Å². The van der Waals surface area contributed by atoms with Gasteiger partial charge in [-0.25, -0.2) is 13.6 Å². The van der Waals surface area contributed by atoms with Gasteiger partial charge in [0.1, 0.15) is 5.60 Å². The summed E-state index contributed by atoms with van der Waals surface area (Å²) < 4.78 is 33.9. The molecular weight excluding hydrogens is 444 g/mol. The molecule has 1 aliphatic carbocycles. The third-order valence-corrected chi connectivity index (χ3v) is 4.28. The third-order valence-electron chi connectivity index (χ3n) is 4.28. The van der Waals surface area contributed by atoms with Crippen LogP contribution in [0.3, 0.4) is 0 Å². The van der Waals surface area contributed by atoms with E-state index in [1.54, 1.807) is 12.4 Å². The maximum atomic E-state index is 12.1. The van der Waals surface area contributed by atoms with E-state index in [2.05, 4.69) is 28.1 Å². The number of rotatable bonds is 3. The van der Waals surface area contributed by atoms with Gasteiger partial charge in [-0.05, 0) is 51.3 Å². The Kier molecular flexibility index (Phi) is 11.4. The molecule has 9 heteroatoms. The highest BCUT2D eigenvalue weighted by Crippen LogP contribution is 2.31. The van der Waals surface area contributed by atoms with Crippen LogP contribution < -0.4 is 5.32 Å². The molecule has 34 heavy (non-hydrogen) atoms. The highest BCUT2D eigenvalue weighted by molar-refractivity contribution is 5.85. The molecule has 1 N–H and O–H groups in total. The second-order valence-corrected chi connectivity index (χ2v) is 7.96. The molecule has 0 aliphatic heterocycles. The summed E-state index contributed by atoms with van der Waals surface area (Å²) in [5.41, 5.74) is 1.44. The fourth-order valence-electron chi connectivity index (χ4n) is 2.92. The van der Waals surface area contributed by atoms with Crippen molar-refractivity contribution in [2.24, 2.45) is 0 Å². The highest BCUT2D eigenvalue weighted by Gasteiger charge is 2.27. The zero-order valence-corrected chi connectivity index (χ0v) is 19.7. The van der Waals surface area contributed by atoms with E-state index < -0.39 is 23.3 Å². The average molecular weight is 474 g/mol. The van der Waals surface area contributed by atoms with Gasteiger partial charge in [-0.3, -0.25) is 14.8 Å². The minimum Gasteiger partial charge on any atom is -0.469 e. The van der Waals surface area contributed by atoms with Crippen LogP contribution in [0.15, 0.2) is 42.7 Å². The molecule has 0 bridgehead atoms. The number of carbonyl (C=O) groups excluding carboxylic acids is 2. The number of halogens is 2. The van der Waals surface area contributed by atoms with E-state index in [4.69, 9.17) is 9.47 Å². The van der Waals surface area contributed by atoms with Crippen LogP contribution in [0, 0.1) is 24.5 Å². The maximum absolute atomic E-state index is 12.1. The first-order valence-electron chi connectivity index (χ1n) is 10.4. The van der Waals surface area contributed by atoms with Crippen molar-refractivity contribution in [3.05, 3.63) is 65.8 Å². The number of esters is 1. The Bertz CT molecular complexity index is 995. The smallest absolute Gasteiger partial charge is 0.408 e. The lowest BCUT2D eigenvalue weighted by Gasteiger charge is -2.23. The Morgan fingerprint density at radius 3 is 2.24 bits per heavy atom. The van der Waals surface area contributed by atoms with Gasteiger partial charge in [0.2, 0.25) is 0 Å². The van der Waals surface area contributed by atoms with Crippen molar-refractivity contribution >= 4 is 17.6 Å². The van der Waals surface area contributed by atoms with Gasteiger partial charge in [0.25, 0.3) is 0 Å². The number of fused-ring (bicyclic) bond motifs is 1. The van der Waals surface area contributed by atoms with Crippen LogP contribution in [0.5, 0.6) is 0 Å². The molecule has 3 rings (SSSR count). The van der Waals surface area contributed by atoms with Crippen LogP contribution in [0.4, 0.5) is 13.6 Å². The second-order valence-electron chi connectivity index (χ2n) is 7.96. The van der Waals surface area contributed by atoms with Gasteiger partial charge in [-0.1, -0.05) is 18.2 Å². The van der Waals surface area contributed by atoms with Crippen molar-refractivity contribution in [2.45, 2.75) is 51.7 Å². The first kappa shape index (κ1) is 28.2. The SMILES string of the molecule is C#C.COC(=O)CC1=CCC[C@H](NC(=O)OC(C)(C)C)c2nccnc21.Fc1ccccc1F. The maximum Gasteiger partial charge on any atom is 0.408 e. The highest BCUT2D eigenvalue weighted by atomic mass is 19.2. The fourth-order valence-corrected chi connectivity index (χ4v) is 2.92. The van der Waals surface area contributed by atoms with Gasteiger partial charge in [-0.2, -0.15) is 0 Å². The van der Waals surface area contributed by atoms with E-state index in [1.165, 1.54) is 19.2 Å². The van der Waals surface area contributed by atoms with Gasteiger partial charge < -0.3 is 14.8 Å². The van der Waals surface area contributed by atoms with Crippen LogP contribution in [0.1, 0.15) is 57.5 Å². The second kappa shape index (κ2) is 13.7. The lowest BCUT2D eigenvalue weighted by atomic mass is 10.0. The molecule has 1 aliphatic rings. The summed E-state index contributed by atoms with van der Waals surface area (Å²) >= 11 is 0. The van der Waals surface area contributed by atoms with E-state index in [0.29, 0.717) is 24.2 Å². The Morgan fingerprint density at radius 2 is 1.71 bits per heavy atom. The fraction of sp³-hybridized carbons (Fsp3) is 0.360. The molecule has 0 saturated carbocycles. The van der Waals surface area contributed by atoms with Crippen LogP contribution in [-0.2, 0) is 14.3 Å². The largest absolute Gasteiger partial charge is 0.469 e. The topological polar surface area (TPSA) is 90.4 Å². The molecule has 0 radical (unpaired) electrons. The molecule has 1 aromatic carbocycles. The molecule has 2 aromatic rings. The Labute approximate surface area is 198 Å². The van der Waals surface area contributed by atoms with Crippen molar-refractivity contribution in [2.75, 3.05) is 7.11 Å². The lowest BCUT2D eigenvalue weighted by Crippen LogP contribution is -2.35. The van der Waals surface area contributed by atoms with E-state index in [1.807, 2.05) is 26.8 Å². The van der Waals surface area contributed by atoms with Crippen molar-refractivity contribution in [1.29, 1.82) is 0 Å². The van der Waals surface area contributed by atoms with Crippen LogP contribution in [0.25, 0.3) is 5.57 Å². The van der Waals surface area contributed by atoms with Gasteiger partial charge >= 0.3 is 12.1 Å². The van der Waals surface area contributed by atoms with Crippen molar-refractivity contribution in [3.8, 4) is 12.8 Å². The number of carbonyl (C=O) groups is 2. The number of aromatic nitrogens is 2. The standard InChI is InChI=1S/C17H23N3O4.C6H4F2.C2H2/c1-17(2,3)24-16(22)20-12-7-5-6-11(10-13(21)23-4)14-15(12)19-9-8-18-14;7-5-3-1-2-4-6(5)8;1-2/h6,8-9,12H,5,7,10H2,1-4H3,(H,20,22);1-4H;1-2H/t12-;;/m0../s1. The summed E-state index contributed by atoms with van der Waals surface area (Å²) in [6.07, 6.45) is 14.0. The van der Waals surface area contributed by atoms with Crippen molar-refractivity contribution in [1.82, 2.24) is 15.3 Å². The first-order chi connectivity index (χ1) is 16.1. The summed E-state index contributed by atoms with van der Waals surface area (Å²) in [5.74, 6) is -1.93. The zero-order chi connectivity index (χ0) is 25.7. The number of terminal acetylenes is 1. The van der Waals surface area contributed by atoms with E-state index in [9.17, 15) is 18.4 Å². The number of nitrogens with zero attached hydrogens (tertiary/aromatic N) is 2.